The molecule has 1 aliphatic heterocycles. The SMILES string of the molecule is COc1ncc(-c2cnn3c2CNCC3)cc1C. The molecule has 1 N–H and O–H groups in total. The van der Waals surface area contributed by atoms with Crippen molar-refractivity contribution in [2.24, 2.45) is 0 Å². The summed E-state index contributed by atoms with van der Waals surface area (Å²) in [6, 6.07) is 2.10. The first kappa shape index (κ1) is 11.2. The van der Waals surface area contributed by atoms with Crippen molar-refractivity contribution >= 4 is 0 Å². The fourth-order valence-electron chi connectivity index (χ4n) is 2.35. The third-order valence-electron chi connectivity index (χ3n) is 3.28. The normalized spacial score (nSPS) is 14.3. The fourth-order valence-corrected chi connectivity index (χ4v) is 2.35. The molecular weight excluding hydrogens is 228 g/mol. The van der Waals surface area contributed by atoms with Crippen LogP contribution in [0.3, 0.4) is 0 Å². The van der Waals surface area contributed by atoms with Crippen molar-refractivity contribution in [3.8, 4) is 17.0 Å². The maximum atomic E-state index is 5.19. The number of nitrogens with one attached hydrogen (secondary N) is 1. The van der Waals surface area contributed by atoms with Crippen molar-refractivity contribution < 1.29 is 4.74 Å². The topological polar surface area (TPSA) is 52.0 Å². The summed E-state index contributed by atoms with van der Waals surface area (Å²) in [5.74, 6) is 0.679. The lowest BCUT2D eigenvalue weighted by atomic mass is 10.1. The highest BCUT2D eigenvalue weighted by atomic mass is 16.5. The van der Waals surface area contributed by atoms with E-state index in [9.17, 15) is 0 Å². The number of aryl methyl sites for hydroxylation is 1. The molecule has 0 unspecified atom stereocenters. The Bertz CT molecular complexity index is 576. The van der Waals surface area contributed by atoms with Crippen molar-refractivity contribution in [2.45, 2.75) is 20.0 Å². The van der Waals surface area contributed by atoms with Crippen molar-refractivity contribution in [3.05, 3.63) is 29.7 Å². The third kappa shape index (κ3) is 1.76. The molecule has 0 fully saturated rings. The zero-order chi connectivity index (χ0) is 12.5. The number of ether oxygens (including phenoxy) is 1. The highest BCUT2D eigenvalue weighted by Gasteiger charge is 2.16. The molecule has 0 aromatic carbocycles. The first-order valence-corrected chi connectivity index (χ1v) is 6.06. The first-order chi connectivity index (χ1) is 8.79. The smallest absolute Gasteiger partial charge is 0.215 e. The van der Waals surface area contributed by atoms with Crippen molar-refractivity contribution in [1.82, 2.24) is 20.1 Å². The number of hydrogen-bond donors (Lipinski definition) is 1. The lowest BCUT2D eigenvalue weighted by Crippen LogP contribution is -2.28. The van der Waals surface area contributed by atoms with Gasteiger partial charge in [0, 0.05) is 36.0 Å². The van der Waals surface area contributed by atoms with Gasteiger partial charge in [-0.15, -0.1) is 0 Å². The van der Waals surface area contributed by atoms with Crippen molar-refractivity contribution in [1.29, 1.82) is 0 Å². The summed E-state index contributed by atoms with van der Waals surface area (Å²) in [5, 5.41) is 7.79. The van der Waals surface area contributed by atoms with Crippen LogP contribution in [-0.4, -0.2) is 28.4 Å². The van der Waals surface area contributed by atoms with Gasteiger partial charge in [-0.1, -0.05) is 0 Å². The summed E-state index contributed by atoms with van der Waals surface area (Å²) in [4.78, 5) is 4.32. The molecule has 0 radical (unpaired) electrons. The van der Waals surface area contributed by atoms with Crippen LogP contribution in [0.2, 0.25) is 0 Å². The van der Waals surface area contributed by atoms with Crippen LogP contribution < -0.4 is 10.1 Å². The quantitative estimate of drug-likeness (QED) is 0.866. The van der Waals surface area contributed by atoms with Crippen LogP contribution in [-0.2, 0) is 13.1 Å². The number of aromatic nitrogens is 3. The van der Waals surface area contributed by atoms with E-state index in [2.05, 4.69) is 26.1 Å². The standard InChI is InChI=1S/C13H16N4O/c1-9-5-10(6-15-13(9)18-2)11-7-16-17-4-3-14-8-12(11)17/h5-7,14H,3-4,8H2,1-2H3. The molecule has 0 saturated carbocycles. The van der Waals surface area contributed by atoms with Gasteiger partial charge in [0.2, 0.25) is 5.88 Å². The molecule has 0 atom stereocenters. The highest BCUT2D eigenvalue weighted by molar-refractivity contribution is 5.66. The maximum absolute atomic E-state index is 5.19. The molecule has 0 amide bonds. The van der Waals surface area contributed by atoms with Gasteiger partial charge in [-0.05, 0) is 13.0 Å². The Labute approximate surface area is 106 Å². The van der Waals surface area contributed by atoms with Crippen LogP contribution in [0.1, 0.15) is 11.3 Å². The van der Waals surface area contributed by atoms with E-state index in [0.717, 1.165) is 36.3 Å². The average Bonchev–Trinajstić information content (AvgIpc) is 2.82. The molecule has 1 aliphatic rings. The number of hydrogen-bond acceptors (Lipinski definition) is 4. The molecule has 0 aliphatic carbocycles. The minimum absolute atomic E-state index is 0.679. The molecule has 0 spiro atoms. The molecule has 0 bridgehead atoms. The van der Waals surface area contributed by atoms with E-state index in [0.29, 0.717) is 5.88 Å². The number of fused-ring (bicyclic) bond motifs is 1. The summed E-state index contributed by atoms with van der Waals surface area (Å²) >= 11 is 0. The third-order valence-corrected chi connectivity index (χ3v) is 3.28. The van der Waals surface area contributed by atoms with Crippen LogP contribution >= 0.6 is 0 Å². The summed E-state index contributed by atoms with van der Waals surface area (Å²) in [7, 11) is 1.64. The van der Waals surface area contributed by atoms with E-state index >= 15 is 0 Å². The monoisotopic (exact) mass is 244 g/mol. The van der Waals surface area contributed by atoms with Gasteiger partial charge in [-0.25, -0.2) is 4.98 Å². The average molecular weight is 244 g/mol. The summed E-state index contributed by atoms with van der Waals surface area (Å²) in [6.07, 6.45) is 3.77. The van der Waals surface area contributed by atoms with Gasteiger partial charge in [-0.3, -0.25) is 4.68 Å². The van der Waals surface area contributed by atoms with Gasteiger partial charge < -0.3 is 10.1 Å². The van der Waals surface area contributed by atoms with Gasteiger partial charge in [-0.2, -0.15) is 5.10 Å². The highest BCUT2D eigenvalue weighted by Crippen LogP contribution is 2.27. The maximum Gasteiger partial charge on any atom is 0.215 e. The van der Waals surface area contributed by atoms with Crippen LogP contribution in [0.25, 0.3) is 11.1 Å². The molecule has 94 valence electrons. The second kappa shape index (κ2) is 4.42. The zero-order valence-electron chi connectivity index (χ0n) is 10.6. The first-order valence-electron chi connectivity index (χ1n) is 6.06. The number of methoxy groups -OCH3 is 1. The number of pyridine rings is 1. The second-order valence-corrected chi connectivity index (χ2v) is 4.46. The van der Waals surface area contributed by atoms with E-state index in [1.165, 1.54) is 5.69 Å². The van der Waals surface area contributed by atoms with Gasteiger partial charge in [0.15, 0.2) is 0 Å². The fraction of sp³-hybridized carbons (Fsp3) is 0.385. The van der Waals surface area contributed by atoms with E-state index in [1.807, 2.05) is 19.3 Å². The molecule has 18 heavy (non-hydrogen) atoms. The molecule has 0 saturated heterocycles. The summed E-state index contributed by atoms with van der Waals surface area (Å²) in [6.45, 7) is 4.77. The van der Waals surface area contributed by atoms with Crippen LogP contribution in [0, 0.1) is 6.92 Å². The van der Waals surface area contributed by atoms with Crippen LogP contribution in [0.5, 0.6) is 5.88 Å². The largest absolute Gasteiger partial charge is 0.481 e. The van der Waals surface area contributed by atoms with E-state index in [1.54, 1.807) is 7.11 Å². The molecular formula is C13H16N4O. The molecule has 2 aromatic rings. The Hall–Kier alpha value is -1.88. The number of rotatable bonds is 2. The van der Waals surface area contributed by atoms with Crippen molar-refractivity contribution in [2.75, 3.05) is 13.7 Å². The second-order valence-electron chi connectivity index (χ2n) is 4.46. The zero-order valence-corrected chi connectivity index (χ0v) is 10.6. The minimum atomic E-state index is 0.679. The molecule has 3 heterocycles. The Morgan fingerprint density at radius 1 is 1.39 bits per heavy atom. The van der Waals surface area contributed by atoms with E-state index in [-0.39, 0.29) is 0 Å². The van der Waals surface area contributed by atoms with Crippen LogP contribution in [0.4, 0.5) is 0 Å². The Morgan fingerprint density at radius 2 is 2.28 bits per heavy atom. The lowest BCUT2D eigenvalue weighted by Gasteiger charge is -2.16. The van der Waals surface area contributed by atoms with E-state index in [4.69, 9.17) is 4.74 Å². The predicted octanol–water partition coefficient (Wildman–Crippen LogP) is 1.37. The van der Waals surface area contributed by atoms with Gasteiger partial charge in [0.25, 0.3) is 0 Å². The van der Waals surface area contributed by atoms with Crippen molar-refractivity contribution in [3.63, 3.8) is 0 Å². The predicted molar refractivity (Wildman–Crippen MR) is 68.5 cm³/mol. The van der Waals surface area contributed by atoms with Crippen LogP contribution in [0.15, 0.2) is 18.5 Å². The summed E-state index contributed by atoms with van der Waals surface area (Å²) in [5.41, 5.74) is 4.52. The molecule has 5 nitrogen and oxygen atoms in total. The minimum Gasteiger partial charge on any atom is -0.481 e. The van der Waals surface area contributed by atoms with E-state index < -0.39 is 0 Å². The Morgan fingerprint density at radius 3 is 3.06 bits per heavy atom. The Kier molecular flexibility index (Phi) is 2.76. The van der Waals surface area contributed by atoms with Gasteiger partial charge in [0.1, 0.15) is 0 Å². The number of nitrogens with zero attached hydrogens (tertiary/aromatic N) is 3. The molecule has 3 rings (SSSR count). The van der Waals surface area contributed by atoms with Gasteiger partial charge >= 0.3 is 0 Å². The Balaban J connectivity index is 2.04. The summed E-state index contributed by atoms with van der Waals surface area (Å²) < 4.78 is 7.25. The van der Waals surface area contributed by atoms with Gasteiger partial charge in [0.05, 0.1) is 25.5 Å². The molecule has 5 heteroatoms. The lowest BCUT2D eigenvalue weighted by molar-refractivity contribution is 0.394. The molecule has 2 aromatic heterocycles.